The Hall–Kier alpha value is -0.400. The van der Waals surface area contributed by atoms with E-state index in [-0.39, 0.29) is 41.7 Å². The van der Waals surface area contributed by atoms with Gasteiger partial charge in [0.25, 0.3) is 0 Å². The third kappa shape index (κ3) is 12.9. The van der Waals surface area contributed by atoms with E-state index in [1.807, 2.05) is 12.1 Å². The molecule has 0 aliphatic rings. The SMILES string of the molecule is CCCCc1ccc(CCS(=O)(=O)NCCCCCCC(=O)[O-])cc1.[Na+]. The zero-order valence-corrected chi connectivity index (χ0v) is 18.9. The molecule has 5 nitrogen and oxygen atoms in total. The van der Waals surface area contributed by atoms with Crippen LogP contribution >= 0.6 is 0 Å². The van der Waals surface area contributed by atoms with Crippen LogP contribution in [0.5, 0.6) is 0 Å². The van der Waals surface area contributed by atoms with Crippen molar-refractivity contribution in [3.63, 3.8) is 0 Å². The molecule has 1 N–H and O–H groups in total. The van der Waals surface area contributed by atoms with Gasteiger partial charge in [0.1, 0.15) is 0 Å². The predicted octanol–water partition coefficient (Wildman–Crippen LogP) is -0.804. The summed E-state index contributed by atoms with van der Waals surface area (Å²) in [5, 5.41) is 10.3. The van der Waals surface area contributed by atoms with Crippen molar-refractivity contribution in [3.05, 3.63) is 35.4 Å². The molecule has 26 heavy (non-hydrogen) atoms. The largest absolute Gasteiger partial charge is 1.00 e. The average Bonchev–Trinajstić information content (AvgIpc) is 2.58. The van der Waals surface area contributed by atoms with Crippen LogP contribution in [0.3, 0.4) is 0 Å². The van der Waals surface area contributed by atoms with Crippen molar-refractivity contribution in [3.8, 4) is 0 Å². The van der Waals surface area contributed by atoms with E-state index in [9.17, 15) is 18.3 Å². The number of hydrogen-bond acceptors (Lipinski definition) is 4. The zero-order chi connectivity index (χ0) is 18.5. The second-order valence-electron chi connectivity index (χ2n) is 6.42. The van der Waals surface area contributed by atoms with Crippen LogP contribution in [-0.4, -0.2) is 26.7 Å². The number of nitrogens with one attached hydrogen (secondary N) is 1. The van der Waals surface area contributed by atoms with Gasteiger partial charge in [-0.3, -0.25) is 0 Å². The van der Waals surface area contributed by atoms with E-state index in [0.717, 1.165) is 31.2 Å². The maximum Gasteiger partial charge on any atom is 1.00 e. The van der Waals surface area contributed by atoms with Gasteiger partial charge < -0.3 is 9.90 Å². The molecule has 0 aromatic heterocycles. The van der Waals surface area contributed by atoms with Crippen molar-refractivity contribution in [2.24, 2.45) is 0 Å². The first-order valence-corrected chi connectivity index (χ1v) is 10.8. The van der Waals surface area contributed by atoms with E-state index in [4.69, 9.17) is 0 Å². The van der Waals surface area contributed by atoms with Crippen LogP contribution in [0.2, 0.25) is 0 Å². The second kappa shape index (κ2) is 14.6. The molecule has 1 aromatic carbocycles. The molecule has 0 aliphatic heterocycles. The number of unbranched alkanes of at least 4 members (excludes halogenated alkanes) is 4. The fourth-order valence-electron chi connectivity index (χ4n) is 2.55. The van der Waals surface area contributed by atoms with Gasteiger partial charge in [-0.15, -0.1) is 0 Å². The fourth-order valence-corrected chi connectivity index (χ4v) is 3.66. The minimum Gasteiger partial charge on any atom is -0.550 e. The molecule has 1 aromatic rings. The number of rotatable bonds is 14. The number of aliphatic carboxylic acids is 1. The number of aryl methyl sites for hydroxylation is 2. The smallest absolute Gasteiger partial charge is 0.550 e. The van der Waals surface area contributed by atoms with Crippen LogP contribution in [0.1, 0.15) is 63.0 Å². The summed E-state index contributed by atoms with van der Waals surface area (Å²) in [7, 11) is -3.26. The summed E-state index contributed by atoms with van der Waals surface area (Å²) in [4.78, 5) is 10.3. The summed E-state index contributed by atoms with van der Waals surface area (Å²) in [6, 6.07) is 8.19. The Morgan fingerprint density at radius 1 is 0.962 bits per heavy atom. The monoisotopic (exact) mass is 391 g/mol. The van der Waals surface area contributed by atoms with E-state index >= 15 is 0 Å². The Balaban J connectivity index is 0.00000625. The van der Waals surface area contributed by atoms with Gasteiger partial charge in [-0.1, -0.05) is 50.5 Å². The quantitative estimate of drug-likeness (QED) is 0.332. The molecule has 0 heterocycles. The number of sulfonamides is 1. The number of carboxylic acid groups (broad SMARTS) is 1. The van der Waals surface area contributed by atoms with Crippen molar-refractivity contribution in [1.82, 2.24) is 4.72 Å². The predicted molar refractivity (Wildman–Crippen MR) is 98.6 cm³/mol. The summed E-state index contributed by atoms with van der Waals surface area (Å²) in [6.45, 7) is 2.57. The second-order valence-corrected chi connectivity index (χ2v) is 8.35. The van der Waals surface area contributed by atoms with Crippen LogP contribution < -0.4 is 39.4 Å². The molecule has 0 saturated heterocycles. The summed E-state index contributed by atoms with van der Waals surface area (Å²) in [6.07, 6.45) is 6.89. The fraction of sp³-hybridized carbons (Fsp3) is 0.632. The van der Waals surface area contributed by atoms with Crippen molar-refractivity contribution >= 4 is 16.0 Å². The minimum atomic E-state index is -3.26. The maximum absolute atomic E-state index is 12.0. The van der Waals surface area contributed by atoms with Crippen molar-refractivity contribution in [2.75, 3.05) is 12.3 Å². The van der Waals surface area contributed by atoms with Crippen LogP contribution in [0.25, 0.3) is 0 Å². The normalized spacial score (nSPS) is 11.1. The minimum absolute atomic E-state index is 0. The molecule has 0 unspecified atom stereocenters. The molecule has 0 bridgehead atoms. The molecule has 0 amide bonds. The summed E-state index contributed by atoms with van der Waals surface area (Å²) in [5.74, 6) is -0.939. The van der Waals surface area contributed by atoms with E-state index in [2.05, 4.69) is 23.8 Å². The van der Waals surface area contributed by atoms with Gasteiger partial charge in [0.05, 0.1) is 5.75 Å². The van der Waals surface area contributed by atoms with Crippen LogP contribution in [0.15, 0.2) is 24.3 Å². The number of carbonyl (C=O) groups is 1. The third-order valence-electron chi connectivity index (χ3n) is 4.13. The van der Waals surface area contributed by atoms with Crippen molar-refractivity contribution in [1.29, 1.82) is 0 Å². The van der Waals surface area contributed by atoms with Gasteiger partial charge in [0, 0.05) is 12.5 Å². The molecule has 0 atom stereocenters. The van der Waals surface area contributed by atoms with Crippen molar-refractivity contribution < 1.29 is 47.9 Å². The van der Waals surface area contributed by atoms with Gasteiger partial charge >= 0.3 is 29.6 Å². The Morgan fingerprint density at radius 2 is 1.54 bits per heavy atom. The molecular weight excluding hydrogens is 361 g/mol. The molecule has 0 spiro atoms. The maximum atomic E-state index is 12.0. The molecule has 0 aliphatic carbocycles. The van der Waals surface area contributed by atoms with Gasteiger partial charge in [0.2, 0.25) is 10.0 Å². The zero-order valence-electron chi connectivity index (χ0n) is 16.1. The summed E-state index contributed by atoms with van der Waals surface area (Å²) < 4.78 is 26.6. The Kier molecular flexibility index (Phi) is 14.4. The third-order valence-corrected chi connectivity index (χ3v) is 5.52. The number of hydrogen-bond donors (Lipinski definition) is 1. The molecule has 142 valence electrons. The van der Waals surface area contributed by atoms with Crippen LogP contribution in [0.4, 0.5) is 0 Å². The summed E-state index contributed by atoms with van der Waals surface area (Å²) >= 11 is 0. The first kappa shape index (κ1) is 25.6. The number of benzene rings is 1. The molecule has 0 saturated carbocycles. The Morgan fingerprint density at radius 3 is 2.12 bits per heavy atom. The van der Waals surface area contributed by atoms with E-state index < -0.39 is 16.0 Å². The van der Waals surface area contributed by atoms with Crippen LogP contribution in [-0.2, 0) is 27.7 Å². The number of carbonyl (C=O) groups excluding carboxylic acids is 1. The van der Waals surface area contributed by atoms with E-state index in [1.165, 1.54) is 18.4 Å². The Bertz CT molecular complexity index is 602. The first-order chi connectivity index (χ1) is 11.9. The van der Waals surface area contributed by atoms with E-state index in [0.29, 0.717) is 19.4 Å². The van der Waals surface area contributed by atoms with Gasteiger partial charge in [-0.2, -0.15) is 0 Å². The van der Waals surface area contributed by atoms with Gasteiger partial charge in [-0.05, 0) is 49.7 Å². The molecular formula is C19H30NNaO4S. The topological polar surface area (TPSA) is 86.3 Å². The molecule has 0 radical (unpaired) electrons. The van der Waals surface area contributed by atoms with Gasteiger partial charge in [-0.25, -0.2) is 13.1 Å². The number of carboxylic acids is 1. The molecule has 7 heteroatoms. The van der Waals surface area contributed by atoms with Crippen molar-refractivity contribution in [2.45, 2.75) is 64.7 Å². The van der Waals surface area contributed by atoms with Crippen LogP contribution in [0, 0.1) is 0 Å². The van der Waals surface area contributed by atoms with E-state index in [1.54, 1.807) is 0 Å². The standard InChI is InChI=1S/C19H31NO4S.Na/c1-2-3-8-17-10-12-18(13-11-17)14-16-25(23,24)20-15-7-5-4-6-9-19(21)22;/h10-13,20H,2-9,14-16H2,1H3,(H,21,22);/q;+1/p-1. The van der Waals surface area contributed by atoms with Gasteiger partial charge in [0.15, 0.2) is 0 Å². The average molecular weight is 392 g/mol. The Labute approximate surface area is 180 Å². The summed E-state index contributed by atoms with van der Waals surface area (Å²) in [5.41, 5.74) is 2.33. The first-order valence-electron chi connectivity index (χ1n) is 9.18. The molecule has 0 fully saturated rings. The molecule has 1 rings (SSSR count).